The number of hydrogen-bond acceptors (Lipinski definition) is 4. The normalized spacial score (nSPS) is 27.7. The summed E-state index contributed by atoms with van der Waals surface area (Å²) in [6.07, 6.45) is 0.815. The van der Waals surface area contributed by atoms with Gasteiger partial charge in [-0.3, -0.25) is 4.90 Å². The monoisotopic (exact) mass is 419 g/mol. The lowest BCUT2D eigenvalue weighted by Gasteiger charge is -2.45. The minimum atomic E-state index is -1.83. The van der Waals surface area contributed by atoms with E-state index in [1.165, 1.54) is 5.56 Å². The molecule has 4 atom stereocenters. The van der Waals surface area contributed by atoms with Gasteiger partial charge in [0.05, 0.1) is 19.3 Å². The predicted octanol–water partition coefficient (Wildman–Crippen LogP) is 5.07. The highest BCUT2D eigenvalue weighted by atomic mass is 28.4. The van der Waals surface area contributed by atoms with Crippen LogP contribution in [0.4, 0.5) is 4.79 Å². The number of hydrogen-bond donors (Lipinski definition) is 0. The van der Waals surface area contributed by atoms with Crippen LogP contribution in [0.25, 0.3) is 0 Å². The molecule has 0 aromatic heterocycles. The van der Waals surface area contributed by atoms with Crippen LogP contribution in [0.15, 0.2) is 30.3 Å². The fraction of sp³-hybridized carbons (Fsp3) is 0.696. The van der Waals surface area contributed by atoms with Crippen molar-refractivity contribution in [1.82, 2.24) is 4.90 Å². The zero-order valence-corrected chi connectivity index (χ0v) is 19.8. The Morgan fingerprint density at radius 1 is 1.14 bits per heavy atom. The van der Waals surface area contributed by atoms with E-state index < -0.39 is 8.32 Å². The van der Waals surface area contributed by atoms with Crippen molar-refractivity contribution in [3.05, 3.63) is 35.9 Å². The molecule has 1 aromatic carbocycles. The Bertz CT molecular complexity index is 688. The molecule has 2 saturated heterocycles. The van der Waals surface area contributed by atoms with Crippen molar-refractivity contribution in [2.75, 3.05) is 19.8 Å². The Morgan fingerprint density at radius 2 is 1.83 bits per heavy atom. The lowest BCUT2D eigenvalue weighted by Crippen LogP contribution is -2.55. The number of fused-ring (bicyclic) bond motifs is 1. The number of carbonyl (C=O) groups is 1. The maximum Gasteiger partial charge on any atom is 0.410 e. The number of ether oxygens (including phenoxy) is 2. The molecule has 1 aromatic rings. The van der Waals surface area contributed by atoms with E-state index >= 15 is 0 Å². The molecule has 2 fully saturated rings. The third-order valence-corrected chi connectivity index (χ3v) is 11.6. The number of carbonyl (C=O) groups excluding carboxylic acids is 1. The summed E-state index contributed by atoms with van der Waals surface area (Å²) in [5, 5.41) is 0.179. The Morgan fingerprint density at radius 3 is 2.48 bits per heavy atom. The zero-order valence-electron chi connectivity index (χ0n) is 18.8. The van der Waals surface area contributed by atoms with Crippen LogP contribution in [0, 0.1) is 11.8 Å². The molecule has 29 heavy (non-hydrogen) atoms. The molecular formula is C23H37NO4Si. The fourth-order valence-electron chi connectivity index (χ4n) is 4.07. The molecule has 3 rings (SSSR count). The summed E-state index contributed by atoms with van der Waals surface area (Å²) in [5.74, 6) is 0.575. The van der Waals surface area contributed by atoms with Crippen LogP contribution in [-0.2, 0) is 20.5 Å². The second-order valence-electron chi connectivity index (χ2n) is 10.1. The van der Waals surface area contributed by atoms with Crippen molar-refractivity contribution in [3.8, 4) is 0 Å². The van der Waals surface area contributed by atoms with Gasteiger partial charge in [0, 0.05) is 24.5 Å². The predicted molar refractivity (Wildman–Crippen MR) is 117 cm³/mol. The quantitative estimate of drug-likeness (QED) is 0.579. The van der Waals surface area contributed by atoms with E-state index in [4.69, 9.17) is 13.9 Å². The van der Waals surface area contributed by atoms with E-state index in [2.05, 4.69) is 52.9 Å². The van der Waals surface area contributed by atoms with Crippen molar-refractivity contribution >= 4 is 14.4 Å². The molecule has 0 radical (unpaired) electrons. The van der Waals surface area contributed by atoms with Gasteiger partial charge in [-0.2, -0.15) is 0 Å². The number of amides is 1. The lowest BCUT2D eigenvalue weighted by molar-refractivity contribution is -0.00966. The molecule has 0 aliphatic carbocycles. The van der Waals surface area contributed by atoms with Crippen LogP contribution < -0.4 is 0 Å². The first kappa shape index (κ1) is 22.3. The summed E-state index contributed by atoms with van der Waals surface area (Å²) >= 11 is 0. The minimum absolute atomic E-state index is 0.109. The Kier molecular flexibility index (Phi) is 6.76. The highest BCUT2D eigenvalue weighted by Crippen LogP contribution is 2.40. The van der Waals surface area contributed by atoms with Crippen LogP contribution >= 0.6 is 0 Å². The van der Waals surface area contributed by atoms with Gasteiger partial charge in [-0.15, -0.1) is 0 Å². The highest BCUT2D eigenvalue weighted by Gasteiger charge is 2.49. The van der Waals surface area contributed by atoms with Crippen LogP contribution in [0.3, 0.4) is 0 Å². The van der Waals surface area contributed by atoms with E-state index in [9.17, 15) is 4.79 Å². The van der Waals surface area contributed by atoms with Crippen molar-refractivity contribution in [1.29, 1.82) is 0 Å². The van der Waals surface area contributed by atoms with Crippen molar-refractivity contribution in [2.24, 2.45) is 11.8 Å². The fourth-order valence-corrected chi connectivity index (χ4v) is 5.13. The second-order valence-corrected chi connectivity index (χ2v) is 14.9. The summed E-state index contributed by atoms with van der Waals surface area (Å²) in [6.45, 7) is 15.9. The molecule has 0 N–H and O–H groups in total. The first-order valence-corrected chi connectivity index (χ1v) is 13.7. The Hall–Kier alpha value is -1.37. The molecular weight excluding hydrogens is 382 g/mol. The van der Waals surface area contributed by atoms with Crippen LogP contribution in [0.1, 0.15) is 39.7 Å². The highest BCUT2D eigenvalue weighted by molar-refractivity contribution is 6.74. The topological polar surface area (TPSA) is 48.0 Å². The molecule has 2 heterocycles. The van der Waals surface area contributed by atoms with E-state index in [-0.39, 0.29) is 29.1 Å². The second kappa shape index (κ2) is 8.78. The van der Waals surface area contributed by atoms with Gasteiger partial charge in [-0.25, -0.2) is 4.79 Å². The molecule has 5 nitrogen and oxygen atoms in total. The molecule has 2 aliphatic heterocycles. The molecule has 0 unspecified atom stereocenters. The molecule has 0 saturated carbocycles. The van der Waals surface area contributed by atoms with Gasteiger partial charge in [-0.05, 0) is 37.0 Å². The number of piperidine rings is 1. The van der Waals surface area contributed by atoms with Crippen LogP contribution in [0.5, 0.6) is 0 Å². The standard InChI is InChI=1S/C23H37NO4Si/c1-17-19(15-28-29(5,6)23(2,3)4)12-20(21-16-27-22(25)24(17)21)14-26-13-18-10-8-7-9-11-18/h7-11,17,19-21H,12-16H2,1-6H3/t17-,19+,20-,21+/m1/s1. The van der Waals surface area contributed by atoms with Gasteiger partial charge in [0.1, 0.15) is 6.61 Å². The number of cyclic esters (lactones) is 1. The van der Waals surface area contributed by atoms with Crippen molar-refractivity contribution < 1.29 is 18.7 Å². The summed E-state index contributed by atoms with van der Waals surface area (Å²) in [7, 11) is -1.83. The summed E-state index contributed by atoms with van der Waals surface area (Å²) in [6, 6.07) is 10.5. The van der Waals surface area contributed by atoms with Gasteiger partial charge in [0.25, 0.3) is 0 Å². The zero-order chi connectivity index (χ0) is 21.2. The Labute approximate surface area is 176 Å². The first-order valence-electron chi connectivity index (χ1n) is 10.8. The largest absolute Gasteiger partial charge is 0.447 e. The SMILES string of the molecule is C[C@@H]1[C@H](CO[Si](C)(C)C(C)(C)C)C[C@H](COCc2ccccc2)[C@@H]2COC(=O)N12. The molecule has 6 heteroatoms. The van der Waals surface area contributed by atoms with E-state index in [0.29, 0.717) is 32.3 Å². The lowest BCUT2D eigenvalue weighted by atomic mass is 9.80. The minimum Gasteiger partial charge on any atom is -0.447 e. The molecule has 2 aliphatic rings. The summed E-state index contributed by atoms with van der Waals surface area (Å²) in [5.41, 5.74) is 1.17. The molecule has 0 bridgehead atoms. The average Bonchev–Trinajstić information content (AvgIpc) is 3.05. The third kappa shape index (κ3) is 5.04. The van der Waals surface area contributed by atoms with Gasteiger partial charge < -0.3 is 13.9 Å². The smallest absolute Gasteiger partial charge is 0.410 e. The maximum absolute atomic E-state index is 12.4. The molecule has 1 amide bonds. The van der Waals surface area contributed by atoms with Crippen molar-refractivity contribution in [3.63, 3.8) is 0 Å². The van der Waals surface area contributed by atoms with E-state index in [0.717, 1.165) is 6.42 Å². The van der Waals surface area contributed by atoms with Gasteiger partial charge in [0.2, 0.25) is 0 Å². The van der Waals surface area contributed by atoms with Gasteiger partial charge in [0.15, 0.2) is 8.32 Å². The van der Waals surface area contributed by atoms with E-state index in [1.54, 1.807) is 0 Å². The van der Waals surface area contributed by atoms with E-state index in [1.807, 2.05) is 23.1 Å². The van der Waals surface area contributed by atoms with Gasteiger partial charge >= 0.3 is 6.09 Å². The molecule has 162 valence electrons. The van der Waals surface area contributed by atoms with Crippen LogP contribution in [-0.4, -0.2) is 51.2 Å². The Balaban J connectivity index is 1.64. The summed E-state index contributed by atoms with van der Waals surface area (Å²) < 4.78 is 18.0. The maximum atomic E-state index is 12.4. The molecule has 0 spiro atoms. The van der Waals surface area contributed by atoms with Crippen LogP contribution in [0.2, 0.25) is 18.1 Å². The summed E-state index contributed by atoms with van der Waals surface area (Å²) in [4.78, 5) is 14.3. The third-order valence-electron chi connectivity index (χ3n) is 7.12. The number of benzene rings is 1. The van der Waals surface area contributed by atoms with Gasteiger partial charge in [-0.1, -0.05) is 51.1 Å². The number of nitrogens with zero attached hydrogens (tertiary/aromatic N) is 1. The van der Waals surface area contributed by atoms with Crippen molar-refractivity contribution in [2.45, 2.75) is 70.9 Å². The first-order chi connectivity index (χ1) is 13.6. The number of rotatable bonds is 7. The average molecular weight is 420 g/mol.